The monoisotopic (exact) mass is 266 g/mol. The van der Waals surface area contributed by atoms with Crippen LogP contribution in [0.25, 0.3) is 0 Å². The van der Waals surface area contributed by atoms with Gasteiger partial charge in [0, 0.05) is 28.9 Å². The Hall–Kier alpha value is -0.380. The predicted octanol–water partition coefficient (Wildman–Crippen LogP) is 3.54. The SMILES string of the molecule is CCCN(Cc1cc(CNCC)sc1C)C1CC1. The summed E-state index contributed by atoms with van der Waals surface area (Å²) in [5, 5.41) is 3.42. The van der Waals surface area contributed by atoms with E-state index in [0.717, 1.165) is 25.7 Å². The average Bonchev–Trinajstić information content (AvgIpc) is 3.13. The fourth-order valence-corrected chi connectivity index (χ4v) is 3.44. The van der Waals surface area contributed by atoms with E-state index in [1.165, 1.54) is 35.6 Å². The number of hydrogen-bond donors (Lipinski definition) is 1. The molecule has 2 nitrogen and oxygen atoms in total. The fourth-order valence-electron chi connectivity index (χ4n) is 2.42. The first-order valence-electron chi connectivity index (χ1n) is 7.27. The van der Waals surface area contributed by atoms with Gasteiger partial charge in [0.25, 0.3) is 0 Å². The second-order valence-electron chi connectivity index (χ2n) is 5.28. The lowest BCUT2D eigenvalue weighted by Crippen LogP contribution is -2.26. The second kappa shape index (κ2) is 6.69. The molecule has 0 saturated heterocycles. The summed E-state index contributed by atoms with van der Waals surface area (Å²) in [5.74, 6) is 0. The molecule has 0 bridgehead atoms. The number of aryl methyl sites for hydroxylation is 1. The first kappa shape index (κ1) is 14.0. The third-order valence-electron chi connectivity index (χ3n) is 3.57. The molecule has 0 amide bonds. The van der Waals surface area contributed by atoms with Crippen molar-refractivity contribution < 1.29 is 0 Å². The maximum absolute atomic E-state index is 3.42. The summed E-state index contributed by atoms with van der Waals surface area (Å²) in [6.45, 7) is 11.2. The minimum Gasteiger partial charge on any atom is -0.312 e. The summed E-state index contributed by atoms with van der Waals surface area (Å²) in [7, 11) is 0. The Kier molecular flexibility index (Phi) is 5.22. The highest BCUT2D eigenvalue weighted by Gasteiger charge is 2.28. The molecule has 0 radical (unpaired) electrons. The van der Waals surface area contributed by atoms with Crippen LogP contribution in [0.1, 0.15) is 48.4 Å². The Bertz CT molecular complexity index is 369. The Morgan fingerprint density at radius 3 is 2.78 bits per heavy atom. The highest BCUT2D eigenvalue weighted by molar-refractivity contribution is 7.12. The molecule has 0 unspecified atom stereocenters. The zero-order valence-corrected chi connectivity index (χ0v) is 12.8. The molecule has 0 aromatic carbocycles. The molecule has 0 atom stereocenters. The third-order valence-corrected chi connectivity index (χ3v) is 4.66. The molecular formula is C15H26N2S. The van der Waals surface area contributed by atoms with E-state index in [1.807, 2.05) is 11.3 Å². The summed E-state index contributed by atoms with van der Waals surface area (Å²) in [6.07, 6.45) is 4.09. The van der Waals surface area contributed by atoms with Crippen LogP contribution >= 0.6 is 11.3 Å². The van der Waals surface area contributed by atoms with E-state index in [9.17, 15) is 0 Å². The van der Waals surface area contributed by atoms with Crippen LogP contribution in [0.5, 0.6) is 0 Å². The van der Waals surface area contributed by atoms with Gasteiger partial charge < -0.3 is 5.32 Å². The van der Waals surface area contributed by atoms with E-state index in [-0.39, 0.29) is 0 Å². The second-order valence-corrected chi connectivity index (χ2v) is 6.62. The standard InChI is InChI=1S/C15H26N2S/c1-4-8-17(14-6-7-14)11-13-9-15(10-16-5-2)18-12(13)3/h9,14,16H,4-8,10-11H2,1-3H3. The largest absolute Gasteiger partial charge is 0.312 e. The van der Waals surface area contributed by atoms with Crippen molar-refractivity contribution in [1.82, 2.24) is 10.2 Å². The van der Waals surface area contributed by atoms with E-state index in [2.05, 4.69) is 37.1 Å². The van der Waals surface area contributed by atoms with Gasteiger partial charge >= 0.3 is 0 Å². The maximum atomic E-state index is 3.42. The number of rotatable bonds is 8. The third kappa shape index (κ3) is 3.81. The topological polar surface area (TPSA) is 15.3 Å². The van der Waals surface area contributed by atoms with Crippen molar-refractivity contribution in [3.05, 3.63) is 21.4 Å². The van der Waals surface area contributed by atoms with Crippen molar-refractivity contribution in [2.75, 3.05) is 13.1 Å². The summed E-state index contributed by atoms with van der Waals surface area (Å²) >= 11 is 1.96. The van der Waals surface area contributed by atoms with E-state index >= 15 is 0 Å². The molecule has 0 aliphatic heterocycles. The zero-order chi connectivity index (χ0) is 13.0. The minimum absolute atomic E-state index is 0.876. The van der Waals surface area contributed by atoms with Gasteiger partial charge in [-0.05, 0) is 50.9 Å². The molecule has 1 N–H and O–H groups in total. The molecule has 0 spiro atoms. The van der Waals surface area contributed by atoms with Crippen LogP contribution < -0.4 is 5.32 Å². The van der Waals surface area contributed by atoms with Gasteiger partial charge in [0.05, 0.1) is 0 Å². The van der Waals surface area contributed by atoms with Crippen LogP contribution in [0.4, 0.5) is 0 Å². The van der Waals surface area contributed by atoms with Gasteiger partial charge in [0.15, 0.2) is 0 Å². The molecular weight excluding hydrogens is 240 g/mol. The number of nitrogens with zero attached hydrogens (tertiary/aromatic N) is 1. The van der Waals surface area contributed by atoms with Crippen molar-refractivity contribution in [1.29, 1.82) is 0 Å². The lowest BCUT2D eigenvalue weighted by atomic mass is 10.2. The Labute approximate surface area is 115 Å². The van der Waals surface area contributed by atoms with Gasteiger partial charge in [-0.1, -0.05) is 13.8 Å². The Balaban J connectivity index is 1.96. The number of thiophene rings is 1. The van der Waals surface area contributed by atoms with Crippen molar-refractivity contribution in [2.45, 2.75) is 59.2 Å². The highest BCUT2D eigenvalue weighted by Crippen LogP contribution is 2.30. The van der Waals surface area contributed by atoms with Crippen molar-refractivity contribution in [3.63, 3.8) is 0 Å². The molecule has 1 aliphatic rings. The number of hydrogen-bond acceptors (Lipinski definition) is 3. The van der Waals surface area contributed by atoms with Crippen molar-refractivity contribution in [3.8, 4) is 0 Å². The van der Waals surface area contributed by atoms with Crippen molar-refractivity contribution in [2.24, 2.45) is 0 Å². The quantitative estimate of drug-likeness (QED) is 0.774. The number of nitrogens with one attached hydrogen (secondary N) is 1. The maximum Gasteiger partial charge on any atom is 0.0299 e. The average molecular weight is 266 g/mol. The molecule has 3 heteroatoms. The normalized spacial score (nSPS) is 15.6. The Morgan fingerprint density at radius 2 is 2.17 bits per heavy atom. The first-order valence-corrected chi connectivity index (χ1v) is 8.09. The highest BCUT2D eigenvalue weighted by atomic mass is 32.1. The van der Waals surface area contributed by atoms with Gasteiger partial charge in [-0.3, -0.25) is 4.90 Å². The van der Waals surface area contributed by atoms with Crippen LogP contribution in [0, 0.1) is 6.92 Å². The smallest absolute Gasteiger partial charge is 0.0299 e. The van der Waals surface area contributed by atoms with E-state index in [1.54, 1.807) is 5.56 Å². The van der Waals surface area contributed by atoms with E-state index in [0.29, 0.717) is 0 Å². The van der Waals surface area contributed by atoms with Gasteiger partial charge in [-0.25, -0.2) is 0 Å². The van der Waals surface area contributed by atoms with Gasteiger partial charge in [-0.2, -0.15) is 0 Å². The molecule has 102 valence electrons. The summed E-state index contributed by atoms with van der Waals surface area (Å²) in [4.78, 5) is 5.66. The zero-order valence-electron chi connectivity index (χ0n) is 12.0. The predicted molar refractivity (Wildman–Crippen MR) is 80.2 cm³/mol. The van der Waals surface area contributed by atoms with Crippen LogP contribution in [-0.4, -0.2) is 24.0 Å². The van der Waals surface area contributed by atoms with Crippen molar-refractivity contribution >= 4 is 11.3 Å². The fraction of sp³-hybridized carbons (Fsp3) is 0.733. The molecule has 1 fully saturated rings. The molecule has 1 saturated carbocycles. The molecule has 1 aliphatic carbocycles. The van der Waals surface area contributed by atoms with Gasteiger partial charge in [0.1, 0.15) is 0 Å². The van der Waals surface area contributed by atoms with Gasteiger partial charge in [-0.15, -0.1) is 11.3 Å². The summed E-state index contributed by atoms with van der Waals surface area (Å²) in [5.41, 5.74) is 1.55. The molecule has 18 heavy (non-hydrogen) atoms. The van der Waals surface area contributed by atoms with Gasteiger partial charge in [0.2, 0.25) is 0 Å². The molecule has 2 rings (SSSR count). The summed E-state index contributed by atoms with van der Waals surface area (Å²) in [6, 6.07) is 3.29. The minimum atomic E-state index is 0.876. The van der Waals surface area contributed by atoms with E-state index in [4.69, 9.17) is 0 Å². The Morgan fingerprint density at radius 1 is 1.39 bits per heavy atom. The lowest BCUT2D eigenvalue weighted by molar-refractivity contribution is 0.255. The molecule has 1 aromatic heterocycles. The lowest BCUT2D eigenvalue weighted by Gasteiger charge is -2.21. The molecule has 1 heterocycles. The van der Waals surface area contributed by atoms with Crippen LogP contribution in [-0.2, 0) is 13.1 Å². The van der Waals surface area contributed by atoms with Crippen LogP contribution in [0.3, 0.4) is 0 Å². The van der Waals surface area contributed by atoms with E-state index < -0.39 is 0 Å². The summed E-state index contributed by atoms with van der Waals surface area (Å²) < 4.78 is 0. The first-order chi connectivity index (χ1) is 8.74. The van der Waals surface area contributed by atoms with Crippen LogP contribution in [0.2, 0.25) is 0 Å². The van der Waals surface area contributed by atoms with Crippen LogP contribution in [0.15, 0.2) is 6.07 Å². The molecule has 1 aromatic rings.